The highest BCUT2D eigenvalue weighted by atomic mass is 32.2. The van der Waals surface area contributed by atoms with Gasteiger partial charge < -0.3 is 40.3 Å². The highest BCUT2D eigenvalue weighted by Crippen LogP contribution is 2.54. The molecule has 3 heterocycles. The van der Waals surface area contributed by atoms with Crippen LogP contribution >= 0.6 is 11.8 Å². The zero-order valence-electron chi connectivity index (χ0n) is 26.2. The summed E-state index contributed by atoms with van der Waals surface area (Å²) in [6.45, 7) is 6.43. The Morgan fingerprint density at radius 1 is 1.06 bits per heavy atom. The standard InChI is InChI=1S/C28H31FN6O12S/c1-6-33-7-8-34(22(41)21(33)40)26(45)31-18(14-9-16(46-12(2)37)17(10-15(14)29)47-13(3)38)20(39)32-28(30-11-36)24(44)35-19(23(42)43)27(4,5)48-25(28)35/h9-11,18-19,25H,6-8H2,1-5H3,(H,30,36)(H,31,45)(H,32,39)(H,42,43)/t18?,19-,25+,28+/m0/s1. The number of hydrogen-bond donors (Lipinski definition) is 4. The predicted molar refractivity (Wildman–Crippen MR) is 158 cm³/mol. The van der Waals surface area contributed by atoms with Crippen molar-refractivity contribution in [1.82, 2.24) is 30.7 Å². The summed E-state index contributed by atoms with van der Waals surface area (Å²) >= 11 is 0.939. The highest BCUT2D eigenvalue weighted by molar-refractivity contribution is 8.01. The van der Waals surface area contributed by atoms with E-state index in [-0.39, 0.29) is 26.0 Å². The molecule has 4 atom stereocenters. The van der Waals surface area contributed by atoms with Crippen molar-refractivity contribution in [3.63, 3.8) is 0 Å². The van der Waals surface area contributed by atoms with Gasteiger partial charge in [0.1, 0.15) is 23.3 Å². The first-order valence-corrected chi connectivity index (χ1v) is 15.2. The van der Waals surface area contributed by atoms with E-state index in [1.807, 2.05) is 0 Å². The first-order chi connectivity index (χ1) is 22.4. The summed E-state index contributed by atoms with van der Waals surface area (Å²) in [5.41, 5.74) is -3.01. The van der Waals surface area contributed by atoms with Crippen molar-refractivity contribution in [2.24, 2.45) is 0 Å². The van der Waals surface area contributed by atoms with Crippen LogP contribution in [0.3, 0.4) is 0 Å². The monoisotopic (exact) mass is 694 g/mol. The number of hydrogen-bond acceptors (Lipinski definition) is 12. The van der Waals surface area contributed by atoms with Gasteiger partial charge in [-0.15, -0.1) is 11.8 Å². The van der Waals surface area contributed by atoms with Gasteiger partial charge >= 0.3 is 35.8 Å². The number of imide groups is 1. The molecule has 4 rings (SSSR count). The van der Waals surface area contributed by atoms with Gasteiger partial charge in [-0.3, -0.25) is 38.5 Å². The third-order valence-corrected chi connectivity index (χ3v) is 9.37. The SMILES string of the molecule is CCN1CCN(C(=O)NC(C(=O)N[C@]2(NC=O)C(=O)N3[C@@H](C(=O)O)C(C)(C)S[C@@H]32)c2cc(OC(C)=O)c(OC(C)=O)cc2F)C(=O)C1=O. The second-order valence-electron chi connectivity index (χ2n) is 11.3. The van der Waals surface area contributed by atoms with Crippen molar-refractivity contribution >= 4 is 65.7 Å². The van der Waals surface area contributed by atoms with Gasteiger partial charge in [0.2, 0.25) is 18.0 Å². The summed E-state index contributed by atoms with van der Waals surface area (Å²) in [5.74, 6) is -10.3. The number of aliphatic carboxylic acids is 1. The number of halogens is 1. The quantitative estimate of drug-likeness (QED) is 0.0564. The third-order valence-electron chi connectivity index (χ3n) is 7.73. The molecule has 258 valence electrons. The third kappa shape index (κ3) is 6.21. The Balaban J connectivity index is 1.78. The molecular formula is C28H31FN6O12S. The number of likely N-dealkylation sites (N-methyl/N-ethyl adjacent to an activating group) is 1. The molecule has 0 radical (unpaired) electrons. The lowest BCUT2D eigenvalue weighted by Crippen LogP contribution is -2.85. The Labute approximate surface area is 275 Å². The van der Waals surface area contributed by atoms with E-state index in [0.29, 0.717) is 11.0 Å². The summed E-state index contributed by atoms with van der Waals surface area (Å²) in [4.78, 5) is 116. The summed E-state index contributed by atoms with van der Waals surface area (Å²) < 4.78 is 24.6. The minimum atomic E-state index is -2.28. The van der Waals surface area contributed by atoms with Crippen molar-refractivity contribution in [2.45, 2.75) is 62.5 Å². The molecule has 3 fully saturated rings. The Bertz CT molecular complexity index is 1640. The van der Waals surface area contributed by atoms with Crippen LogP contribution in [0.2, 0.25) is 0 Å². The molecule has 0 saturated carbocycles. The number of urea groups is 1. The lowest BCUT2D eigenvalue weighted by Gasteiger charge is -2.52. The molecular weight excluding hydrogens is 663 g/mol. The van der Waals surface area contributed by atoms with Crippen LogP contribution in [0.5, 0.6) is 11.5 Å². The van der Waals surface area contributed by atoms with Gasteiger partial charge in [0.05, 0.1) is 0 Å². The summed E-state index contributed by atoms with van der Waals surface area (Å²) in [6, 6.07) is -3.53. The smallest absolute Gasteiger partial charge is 0.327 e. The maximum Gasteiger partial charge on any atom is 0.327 e. The lowest BCUT2D eigenvalue weighted by molar-refractivity contribution is -0.172. The van der Waals surface area contributed by atoms with Gasteiger partial charge in [-0.2, -0.15) is 0 Å². The summed E-state index contributed by atoms with van der Waals surface area (Å²) in [7, 11) is 0. The fourth-order valence-electron chi connectivity index (χ4n) is 5.60. The maximum atomic E-state index is 15.7. The zero-order valence-corrected chi connectivity index (χ0v) is 27.0. The number of carbonyl (C=O) groups is 9. The number of thioether (sulfide) groups is 1. The number of benzene rings is 1. The summed E-state index contributed by atoms with van der Waals surface area (Å²) in [5, 5.41) is 15.3. The molecule has 1 unspecified atom stereocenters. The largest absolute Gasteiger partial charge is 0.480 e. The molecule has 0 spiro atoms. The maximum absolute atomic E-state index is 15.7. The molecule has 3 aliphatic heterocycles. The van der Waals surface area contributed by atoms with Crippen LogP contribution in [0.15, 0.2) is 12.1 Å². The first-order valence-electron chi connectivity index (χ1n) is 14.3. The van der Waals surface area contributed by atoms with Crippen molar-refractivity contribution < 1.29 is 62.1 Å². The van der Waals surface area contributed by atoms with Crippen molar-refractivity contribution in [2.75, 3.05) is 19.6 Å². The van der Waals surface area contributed by atoms with Crippen LogP contribution in [-0.2, 0) is 38.4 Å². The number of nitrogens with zero attached hydrogens (tertiary/aromatic N) is 3. The van der Waals surface area contributed by atoms with E-state index >= 15 is 4.39 Å². The normalized spacial score (nSPS) is 23.4. The molecule has 0 aliphatic carbocycles. The van der Waals surface area contributed by atoms with Crippen molar-refractivity contribution in [3.05, 3.63) is 23.5 Å². The Morgan fingerprint density at radius 3 is 2.21 bits per heavy atom. The average Bonchev–Trinajstić information content (AvgIpc) is 3.26. The predicted octanol–water partition coefficient (Wildman–Crippen LogP) is -1.18. The van der Waals surface area contributed by atoms with E-state index in [2.05, 4.69) is 16.0 Å². The van der Waals surface area contributed by atoms with E-state index in [1.54, 1.807) is 6.92 Å². The van der Waals surface area contributed by atoms with Gasteiger partial charge in [0, 0.05) is 49.9 Å². The number of β-lactam (4-membered cyclic amide) rings is 1. The van der Waals surface area contributed by atoms with Crippen LogP contribution in [0, 0.1) is 5.82 Å². The highest BCUT2D eigenvalue weighted by Gasteiger charge is 2.72. The first kappa shape index (κ1) is 35.6. The molecule has 4 N–H and O–H groups in total. The number of carboxylic acid groups (broad SMARTS) is 1. The molecule has 7 amide bonds. The second-order valence-corrected chi connectivity index (χ2v) is 13.1. The molecule has 3 saturated heterocycles. The van der Waals surface area contributed by atoms with Crippen LogP contribution in [-0.4, -0.2) is 115 Å². The Hall–Kier alpha value is -5.27. The van der Waals surface area contributed by atoms with Gasteiger partial charge in [0.15, 0.2) is 11.5 Å². The molecule has 48 heavy (non-hydrogen) atoms. The number of piperazine rings is 1. The minimum absolute atomic E-state index is 0.0520. The number of esters is 2. The van der Waals surface area contributed by atoms with Crippen LogP contribution < -0.4 is 25.4 Å². The molecule has 1 aromatic carbocycles. The van der Waals surface area contributed by atoms with Gasteiger partial charge in [0.25, 0.3) is 5.91 Å². The van der Waals surface area contributed by atoms with Crippen molar-refractivity contribution in [1.29, 1.82) is 0 Å². The van der Waals surface area contributed by atoms with Crippen LogP contribution in [0.25, 0.3) is 0 Å². The van der Waals surface area contributed by atoms with Gasteiger partial charge in [-0.1, -0.05) is 0 Å². The number of nitrogens with one attached hydrogen (secondary N) is 3. The molecule has 20 heteroatoms. The number of ether oxygens (including phenoxy) is 2. The van der Waals surface area contributed by atoms with E-state index in [4.69, 9.17) is 9.47 Å². The van der Waals surface area contributed by atoms with E-state index in [9.17, 15) is 48.3 Å². The second kappa shape index (κ2) is 13.1. The molecule has 0 bridgehead atoms. The van der Waals surface area contributed by atoms with Crippen LogP contribution in [0.1, 0.15) is 46.2 Å². The number of fused-ring (bicyclic) bond motifs is 1. The number of rotatable bonds is 10. The topological polar surface area (TPSA) is 238 Å². The average molecular weight is 695 g/mol. The molecule has 18 nitrogen and oxygen atoms in total. The lowest BCUT2D eigenvalue weighted by atomic mass is 9.90. The van der Waals surface area contributed by atoms with E-state index in [0.717, 1.165) is 36.6 Å². The molecule has 3 aliphatic rings. The Kier molecular flexibility index (Phi) is 9.70. The minimum Gasteiger partial charge on any atom is -0.480 e. The van der Waals surface area contributed by atoms with Gasteiger partial charge in [-0.05, 0) is 26.8 Å². The Morgan fingerprint density at radius 2 is 1.67 bits per heavy atom. The van der Waals surface area contributed by atoms with E-state index < -0.39 is 98.3 Å². The number of carbonyl (C=O) groups excluding carboxylic acids is 8. The number of amides is 7. The van der Waals surface area contributed by atoms with Crippen molar-refractivity contribution in [3.8, 4) is 11.5 Å². The number of carboxylic acids is 1. The summed E-state index contributed by atoms with van der Waals surface area (Å²) in [6.07, 6.45) is 0.0789. The zero-order chi connectivity index (χ0) is 35.9. The van der Waals surface area contributed by atoms with Gasteiger partial charge in [-0.25, -0.2) is 14.0 Å². The fraction of sp³-hybridized carbons (Fsp3) is 0.464. The molecule has 1 aromatic rings. The molecule has 0 aromatic heterocycles. The fourth-order valence-corrected chi connectivity index (χ4v) is 7.25. The van der Waals surface area contributed by atoms with Crippen LogP contribution in [0.4, 0.5) is 9.18 Å². The van der Waals surface area contributed by atoms with E-state index in [1.165, 1.54) is 18.7 Å².